The van der Waals surface area contributed by atoms with Crippen molar-refractivity contribution in [1.29, 1.82) is 0 Å². The quantitative estimate of drug-likeness (QED) is 0.751. The van der Waals surface area contributed by atoms with Crippen LogP contribution in [0, 0.1) is 11.8 Å². The van der Waals surface area contributed by atoms with E-state index in [0.29, 0.717) is 11.7 Å². The summed E-state index contributed by atoms with van der Waals surface area (Å²) >= 11 is 0. The van der Waals surface area contributed by atoms with Gasteiger partial charge in [0.1, 0.15) is 0 Å². The molecule has 3 nitrogen and oxygen atoms in total. The minimum Gasteiger partial charge on any atom is -0.304 e. The van der Waals surface area contributed by atoms with Gasteiger partial charge in [-0.15, -0.1) is 0 Å². The fourth-order valence-corrected chi connectivity index (χ4v) is 3.54. The number of hydrogen-bond acceptors (Lipinski definition) is 3. The molecule has 0 aromatic heterocycles. The Labute approximate surface area is 112 Å². The summed E-state index contributed by atoms with van der Waals surface area (Å²) in [6.45, 7) is 5.39. The van der Waals surface area contributed by atoms with Gasteiger partial charge < -0.3 is 4.90 Å². The number of likely N-dealkylation sites (N-methyl/N-ethyl adjacent to an activating group) is 2. The van der Waals surface area contributed by atoms with Gasteiger partial charge in [0.2, 0.25) is 0 Å². The molecule has 104 valence electrons. The number of rotatable bonds is 2. The SMILES string of the molecule is CC1CCCC(C(=O)C2CN(C)CCCN2C)C1. The Bertz CT molecular complexity index is 292. The molecule has 3 atom stereocenters. The lowest BCUT2D eigenvalue weighted by molar-refractivity contribution is -0.129. The van der Waals surface area contributed by atoms with Crippen LogP contribution in [-0.4, -0.2) is 55.4 Å². The molecule has 1 saturated carbocycles. The number of nitrogens with zero attached hydrogens (tertiary/aromatic N) is 2. The predicted molar refractivity (Wildman–Crippen MR) is 74.7 cm³/mol. The number of Topliss-reactive ketones (excluding diaryl/α,β-unsaturated/α-hetero) is 1. The first kappa shape index (κ1) is 14.0. The van der Waals surface area contributed by atoms with Crippen molar-refractivity contribution in [3.05, 3.63) is 0 Å². The van der Waals surface area contributed by atoms with Gasteiger partial charge in [-0.3, -0.25) is 9.69 Å². The molecule has 0 aromatic rings. The normalized spacial score (nSPS) is 36.3. The highest BCUT2D eigenvalue weighted by Crippen LogP contribution is 2.30. The molecule has 0 N–H and O–H groups in total. The van der Waals surface area contributed by atoms with Crippen LogP contribution in [0.3, 0.4) is 0 Å². The fourth-order valence-electron chi connectivity index (χ4n) is 3.54. The highest BCUT2D eigenvalue weighted by molar-refractivity contribution is 5.86. The summed E-state index contributed by atoms with van der Waals surface area (Å²) in [6, 6.07) is 0.132. The zero-order chi connectivity index (χ0) is 13.1. The molecule has 18 heavy (non-hydrogen) atoms. The van der Waals surface area contributed by atoms with Gasteiger partial charge in [-0.05, 0) is 52.4 Å². The molecule has 1 aliphatic carbocycles. The van der Waals surface area contributed by atoms with Crippen LogP contribution >= 0.6 is 0 Å². The molecule has 2 aliphatic rings. The zero-order valence-corrected chi connectivity index (χ0v) is 12.2. The maximum atomic E-state index is 12.7. The molecular weight excluding hydrogens is 224 g/mol. The highest BCUT2D eigenvalue weighted by Gasteiger charge is 2.33. The molecule has 3 heteroatoms. The molecule has 0 aromatic carbocycles. The van der Waals surface area contributed by atoms with Gasteiger partial charge in [-0.2, -0.15) is 0 Å². The lowest BCUT2D eigenvalue weighted by Gasteiger charge is -2.32. The molecule has 1 aliphatic heterocycles. The zero-order valence-electron chi connectivity index (χ0n) is 12.2. The van der Waals surface area contributed by atoms with E-state index in [1.165, 1.54) is 19.3 Å². The minimum atomic E-state index is 0.132. The molecule has 0 amide bonds. The van der Waals surface area contributed by atoms with Crippen molar-refractivity contribution < 1.29 is 4.79 Å². The van der Waals surface area contributed by atoms with Crippen LogP contribution in [0.2, 0.25) is 0 Å². The topological polar surface area (TPSA) is 23.6 Å². The second-order valence-corrected chi connectivity index (χ2v) is 6.48. The average molecular weight is 252 g/mol. The maximum absolute atomic E-state index is 12.7. The van der Waals surface area contributed by atoms with Gasteiger partial charge in [0.25, 0.3) is 0 Å². The van der Waals surface area contributed by atoms with E-state index >= 15 is 0 Å². The van der Waals surface area contributed by atoms with E-state index in [1.54, 1.807) is 0 Å². The van der Waals surface area contributed by atoms with Crippen LogP contribution in [-0.2, 0) is 4.79 Å². The van der Waals surface area contributed by atoms with E-state index in [0.717, 1.165) is 38.4 Å². The third-order valence-electron chi connectivity index (χ3n) is 4.73. The highest BCUT2D eigenvalue weighted by atomic mass is 16.1. The molecular formula is C15H28N2O. The van der Waals surface area contributed by atoms with Crippen LogP contribution in [0.1, 0.15) is 39.0 Å². The lowest BCUT2D eigenvalue weighted by Crippen LogP contribution is -2.46. The van der Waals surface area contributed by atoms with Gasteiger partial charge in [0.05, 0.1) is 6.04 Å². The first-order valence-corrected chi connectivity index (χ1v) is 7.50. The molecule has 0 radical (unpaired) electrons. The van der Waals surface area contributed by atoms with Crippen LogP contribution < -0.4 is 0 Å². The van der Waals surface area contributed by atoms with E-state index in [-0.39, 0.29) is 6.04 Å². The van der Waals surface area contributed by atoms with Gasteiger partial charge in [0.15, 0.2) is 5.78 Å². The summed E-state index contributed by atoms with van der Waals surface area (Å²) in [5.41, 5.74) is 0. The molecule has 1 heterocycles. The van der Waals surface area contributed by atoms with Crippen molar-refractivity contribution in [3.63, 3.8) is 0 Å². The Morgan fingerprint density at radius 2 is 1.89 bits per heavy atom. The van der Waals surface area contributed by atoms with E-state index in [9.17, 15) is 4.79 Å². The summed E-state index contributed by atoms with van der Waals surface area (Å²) in [5.74, 6) is 1.58. The maximum Gasteiger partial charge on any atom is 0.154 e. The minimum absolute atomic E-state index is 0.132. The molecule has 2 rings (SSSR count). The van der Waals surface area contributed by atoms with Crippen LogP contribution in [0.25, 0.3) is 0 Å². The molecule has 0 spiro atoms. The summed E-state index contributed by atoms with van der Waals surface area (Å²) in [7, 11) is 4.26. The predicted octanol–water partition coefficient (Wildman–Crippen LogP) is 2.02. The standard InChI is InChI=1S/C15H28N2O/c1-12-6-4-7-13(10-12)15(18)14-11-16(2)8-5-9-17(14)3/h12-14H,4-11H2,1-3H3. The van der Waals surface area contributed by atoms with Crippen molar-refractivity contribution in [2.45, 2.75) is 45.1 Å². The second-order valence-electron chi connectivity index (χ2n) is 6.48. The fraction of sp³-hybridized carbons (Fsp3) is 0.933. The lowest BCUT2D eigenvalue weighted by atomic mass is 9.78. The first-order chi connectivity index (χ1) is 8.58. The van der Waals surface area contributed by atoms with E-state index < -0.39 is 0 Å². The first-order valence-electron chi connectivity index (χ1n) is 7.50. The summed E-state index contributed by atoms with van der Waals surface area (Å²) < 4.78 is 0. The van der Waals surface area contributed by atoms with Gasteiger partial charge in [0, 0.05) is 12.5 Å². The number of ketones is 1. The van der Waals surface area contributed by atoms with Crippen molar-refractivity contribution in [2.75, 3.05) is 33.7 Å². The molecule has 2 fully saturated rings. The Kier molecular flexibility index (Phi) is 4.79. The third-order valence-corrected chi connectivity index (χ3v) is 4.73. The van der Waals surface area contributed by atoms with Crippen LogP contribution in [0.15, 0.2) is 0 Å². The van der Waals surface area contributed by atoms with Crippen LogP contribution in [0.4, 0.5) is 0 Å². The van der Waals surface area contributed by atoms with E-state index in [1.807, 2.05) is 0 Å². The third kappa shape index (κ3) is 3.33. The number of carbonyl (C=O) groups excluding carboxylic acids is 1. The van der Waals surface area contributed by atoms with E-state index in [4.69, 9.17) is 0 Å². The average Bonchev–Trinajstić information content (AvgIpc) is 2.50. The largest absolute Gasteiger partial charge is 0.304 e. The molecule has 1 saturated heterocycles. The van der Waals surface area contributed by atoms with Crippen molar-refractivity contribution >= 4 is 5.78 Å². The summed E-state index contributed by atoms with van der Waals surface area (Å²) in [5, 5.41) is 0. The molecule has 3 unspecified atom stereocenters. The van der Waals surface area contributed by atoms with Gasteiger partial charge in [-0.1, -0.05) is 19.8 Å². The van der Waals surface area contributed by atoms with Crippen molar-refractivity contribution in [2.24, 2.45) is 11.8 Å². The summed E-state index contributed by atoms with van der Waals surface area (Å²) in [4.78, 5) is 17.3. The Hall–Kier alpha value is -0.410. The number of carbonyl (C=O) groups is 1. The van der Waals surface area contributed by atoms with Crippen LogP contribution in [0.5, 0.6) is 0 Å². The Morgan fingerprint density at radius 3 is 2.61 bits per heavy atom. The Morgan fingerprint density at radius 1 is 1.11 bits per heavy atom. The second kappa shape index (κ2) is 6.16. The Balaban J connectivity index is 2.01. The molecule has 0 bridgehead atoms. The number of hydrogen-bond donors (Lipinski definition) is 0. The van der Waals surface area contributed by atoms with Crippen molar-refractivity contribution in [1.82, 2.24) is 9.80 Å². The smallest absolute Gasteiger partial charge is 0.154 e. The monoisotopic (exact) mass is 252 g/mol. The van der Waals surface area contributed by atoms with E-state index in [2.05, 4.69) is 30.8 Å². The van der Waals surface area contributed by atoms with Gasteiger partial charge >= 0.3 is 0 Å². The van der Waals surface area contributed by atoms with Crippen molar-refractivity contribution in [3.8, 4) is 0 Å². The summed E-state index contributed by atoms with van der Waals surface area (Å²) in [6.07, 6.45) is 5.97. The van der Waals surface area contributed by atoms with Gasteiger partial charge in [-0.25, -0.2) is 0 Å².